The van der Waals surface area contributed by atoms with Gasteiger partial charge in [-0.1, -0.05) is 0 Å². The number of benzene rings is 1. The zero-order valence-corrected chi connectivity index (χ0v) is 11.9. The molecule has 2 N–H and O–H groups in total. The molecule has 1 amide bonds. The van der Waals surface area contributed by atoms with E-state index in [9.17, 15) is 9.59 Å². The number of carbonyl (C=O) groups is 1. The zero-order valence-electron chi connectivity index (χ0n) is 11.0. The van der Waals surface area contributed by atoms with Gasteiger partial charge in [-0.3, -0.25) is 9.59 Å². The van der Waals surface area contributed by atoms with Gasteiger partial charge in [-0.15, -0.1) is 0 Å². The van der Waals surface area contributed by atoms with Crippen molar-refractivity contribution in [3.8, 4) is 0 Å². The summed E-state index contributed by atoms with van der Waals surface area (Å²) in [6, 6.07) is 8.15. The van der Waals surface area contributed by atoms with E-state index in [0.717, 1.165) is 0 Å². The van der Waals surface area contributed by atoms with Crippen molar-refractivity contribution in [3.05, 3.63) is 57.3 Å². The number of anilines is 1. The fourth-order valence-electron chi connectivity index (χ4n) is 1.97. The van der Waals surface area contributed by atoms with Crippen molar-refractivity contribution < 1.29 is 9.21 Å². The highest BCUT2D eigenvalue weighted by atomic mass is 32.1. The van der Waals surface area contributed by atoms with E-state index in [2.05, 4.69) is 10.3 Å². The Kier molecular flexibility index (Phi) is 3.19. The molecule has 0 aliphatic rings. The molecule has 3 rings (SSSR count). The minimum atomic E-state index is -0.387. The Morgan fingerprint density at radius 1 is 1.38 bits per heavy atom. The smallest absolute Gasteiger partial charge is 0.274 e. The summed E-state index contributed by atoms with van der Waals surface area (Å²) in [7, 11) is 1.62. The number of fused-ring (bicyclic) bond motifs is 1. The van der Waals surface area contributed by atoms with Crippen molar-refractivity contribution in [2.45, 2.75) is 0 Å². The molecule has 0 fully saturated rings. The van der Waals surface area contributed by atoms with Crippen LogP contribution in [0.1, 0.15) is 10.4 Å². The number of hydrogen-bond donors (Lipinski definition) is 2. The van der Waals surface area contributed by atoms with Gasteiger partial charge in [0.15, 0.2) is 5.58 Å². The molecule has 0 atom stereocenters. The maximum Gasteiger partial charge on any atom is 0.274 e. The summed E-state index contributed by atoms with van der Waals surface area (Å²) in [5.74, 6) is -0.387. The lowest BCUT2D eigenvalue weighted by Crippen LogP contribution is -2.23. The van der Waals surface area contributed by atoms with Gasteiger partial charge in [-0.25, -0.2) is 0 Å². The monoisotopic (exact) mass is 301 g/mol. The van der Waals surface area contributed by atoms with Crippen LogP contribution in [-0.4, -0.2) is 15.5 Å². The number of carbonyl (C=O) groups excluding carboxylic acids is 1. The average molecular weight is 301 g/mol. The van der Waals surface area contributed by atoms with Crippen molar-refractivity contribution in [2.75, 3.05) is 5.32 Å². The predicted molar refractivity (Wildman–Crippen MR) is 81.0 cm³/mol. The molecule has 0 aliphatic carbocycles. The first-order chi connectivity index (χ1) is 10.0. The number of H-pyrrole nitrogens is 1. The topological polar surface area (TPSA) is 80.0 Å². The molecule has 21 heavy (non-hydrogen) atoms. The highest BCUT2D eigenvalue weighted by molar-refractivity contribution is 7.71. The largest absolute Gasteiger partial charge is 0.429 e. The fraction of sp³-hybridized carbons (Fsp3) is 0.0714. The molecule has 0 saturated carbocycles. The van der Waals surface area contributed by atoms with Gasteiger partial charge < -0.3 is 19.3 Å². The van der Waals surface area contributed by atoms with Gasteiger partial charge in [0.05, 0.1) is 5.52 Å². The second kappa shape index (κ2) is 5.02. The highest BCUT2D eigenvalue weighted by Gasteiger charge is 2.11. The van der Waals surface area contributed by atoms with Crippen LogP contribution in [0.15, 0.2) is 45.7 Å². The number of oxazole rings is 1. The second-order valence-corrected chi connectivity index (χ2v) is 4.89. The summed E-state index contributed by atoms with van der Waals surface area (Å²) in [5, 5.41) is 2.59. The van der Waals surface area contributed by atoms with Gasteiger partial charge in [-0.2, -0.15) is 0 Å². The summed E-state index contributed by atoms with van der Waals surface area (Å²) in [5.41, 5.74) is 1.54. The number of aryl methyl sites for hydroxylation is 1. The summed E-state index contributed by atoms with van der Waals surface area (Å²) < 4.78 is 6.66. The predicted octanol–water partition coefficient (Wildman–Crippen LogP) is 2.44. The van der Waals surface area contributed by atoms with Gasteiger partial charge in [0, 0.05) is 18.8 Å². The van der Waals surface area contributed by atoms with Crippen LogP contribution in [0, 0.1) is 4.84 Å². The Bertz CT molecular complexity index is 952. The second-order valence-electron chi connectivity index (χ2n) is 4.52. The van der Waals surface area contributed by atoms with Gasteiger partial charge >= 0.3 is 0 Å². The summed E-state index contributed by atoms with van der Waals surface area (Å²) in [6.45, 7) is 0. The Balaban J connectivity index is 1.95. The van der Waals surface area contributed by atoms with E-state index >= 15 is 0 Å². The minimum absolute atomic E-state index is 0.222. The van der Waals surface area contributed by atoms with Crippen LogP contribution in [0.3, 0.4) is 0 Å². The first kappa shape index (κ1) is 13.3. The van der Waals surface area contributed by atoms with Crippen LogP contribution in [-0.2, 0) is 7.05 Å². The van der Waals surface area contributed by atoms with Crippen LogP contribution < -0.4 is 10.9 Å². The molecule has 2 heterocycles. The normalized spacial score (nSPS) is 10.7. The first-order valence-corrected chi connectivity index (χ1v) is 6.55. The van der Waals surface area contributed by atoms with Gasteiger partial charge in [-0.05, 0) is 42.5 Å². The Hall–Kier alpha value is -2.67. The Morgan fingerprint density at radius 3 is 3.00 bits per heavy atom. The fourth-order valence-corrected chi connectivity index (χ4v) is 2.17. The first-order valence-electron chi connectivity index (χ1n) is 6.14. The quantitative estimate of drug-likeness (QED) is 0.712. The molecule has 0 aliphatic heterocycles. The van der Waals surface area contributed by atoms with Crippen molar-refractivity contribution >= 4 is 34.9 Å². The van der Waals surface area contributed by atoms with E-state index in [1.807, 2.05) is 0 Å². The lowest BCUT2D eigenvalue weighted by atomic mass is 10.2. The third-order valence-corrected chi connectivity index (χ3v) is 3.24. The van der Waals surface area contributed by atoms with Gasteiger partial charge in [0.25, 0.3) is 16.3 Å². The van der Waals surface area contributed by atoms with E-state index in [-0.39, 0.29) is 22.0 Å². The average Bonchev–Trinajstić information content (AvgIpc) is 2.82. The molecule has 106 valence electrons. The summed E-state index contributed by atoms with van der Waals surface area (Å²) >= 11 is 4.89. The maximum absolute atomic E-state index is 12.2. The molecule has 0 radical (unpaired) electrons. The molecule has 1 aromatic carbocycles. The number of amides is 1. The molecular weight excluding hydrogens is 290 g/mol. The molecule has 0 saturated heterocycles. The molecule has 3 aromatic rings. The highest BCUT2D eigenvalue weighted by Crippen LogP contribution is 2.16. The number of aromatic nitrogens is 2. The number of nitrogens with one attached hydrogen (secondary N) is 2. The van der Waals surface area contributed by atoms with Crippen LogP contribution in [0.5, 0.6) is 0 Å². The Morgan fingerprint density at radius 2 is 2.19 bits per heavy atom. The molecule has 0 bridgehead atoms. The molecular formula is C14H11N3O3S. The van der Waals surface area contributed by atoms with Crippen molar-refractivity contribution in [1.29, 1.82) is 0 Å². The van der Waals surface area contributed by atoms with E-state index < -0.39 is 0 Å². The van der Waals surface area contributed by atoms with E-state index in [1.54, 1.807) is 43.6 Å². The van der Waals surface area contributed by atoms with Crippen LogP contribution in [0.25, 0.3) is 11.1 Å². The van der Waals surface area contributed by atoms with E-state index in [4.69, 9.17) is 16.6 Å². The number of pyridine rings is 1. The SMILES string of the molecule is Cn1cccc(NC(=O)c2ccc3[nH]c(=S)oc3c2)c1=O. The van der Waals surface area contributed by atoms with Crippen LogP contribution in [0.2, 0.25) is 0 Å². The number of aromatic amines is 1. The van der Waals surface area contributed by atoms with Crippen LogP contribution in [0.4, 0.5) is 5.69 Å². The lowest BCUT2D eigenvalue weighted by molar-refractivity contribution is 0.102. The van der Waals surface area contributed by atoms with Crippen molar-refractivity contribution in [1.82, 2.24) is 9.55 Å². The molecule has 0 spiro atoms. The number of rotatable bonds is 2. The van der Waals surface area contributed by atoms with Gasteiger partial charge in [0.2, 0.25) is 0 Å². The lowest BCUT2D eigenvalue weighted by Gasteiger charge is -2.05. The number of nitrogens with zero attached hydrogens (tertiary/aromatic N) is 1. The molecule has 6 nitrogen and oxygen atoms in total. The molecule has 2 aromatic heterocycles. The van der Waals surface area contributed by atoms with Crippen molar-refractivity contribution in [3.63, 3.8) is 0 Å². The molecule has 0 unspecified atom stereocenters. The molecule has 7 heteroatoms. The standard InChI is InChI=1S/C14H11N3O3S/c1-17-6-2-3-10(13(17)19)15-12(18)8-4-5-9-11(7-8)20-14(21)16-9/h2-7H,1H3,(H,15,18)(H,16,21). The van der Waals surface area contributed by atoms with Crippen molar-refractivity contribution in [2.24, 2.45) is 7.05 Å². The van der Waals surface area contributed by atoms with Gasteiger partial charge in [0.1, 0.15) is 5.69 Å². The minimum Gasteiger partial charge on any atom is -0.429 e. The third-order valence-electron chi connectivity index (χ3n) is 3.05. The zero-order chi connectivity index (χ0) is 15.0. The maximum atomic E-state index is 12.2. The van der Waals surface area contributed by atoms with E-state index in [0.29, 0.717) is 16.7 Å². The summed E-state index contributed by atoms with van der Waals surface area (Å²) in [4.78, 5) is 27.2. The van der Waals surface area contributed by atoms with E-state index in [1.165, 1.54) is 4.57 Å². The van der Waals surface area contributed by atoms with Crippen LogP contribution >= 0.6 is 12.2 Å². The number of hydrogen-bond acceptors (Lipinski definition) is 4. The third kappa shape index (κ3) is 2.50. The summed E-state index contributed by atoms with van der Waals surface area (Å²) in [6.07, 6.45) is 1.62. The Labute approximate surface area is 124 Å².